The fourth-order valence-electron chi connectivity index (χ4n) is 5.59. The Labute approximate surface area is 208 Å². The lowest BCUT2D eigenvalue weighted by atomic mass is 9.84. The van der Waals surface area contributed by atoms with Crippen LogP contribution in [0.2, 0.25) is 0 Å². The zero-order valence-corrected chi connectivity index (χ0v) is 21.3. The molecule has 0 unspecified atom stereocenters. The molecule has 6 aromatic rings. The molecule has 0 radical (unpaired) electrons. The van der Waals surface area contributed by atoms with Crippen LogP contribution in [0, 0.1) is 13.8 Å². The molecule has 0 saturated heterocycles. The summed E-state index contributed by atoms with van der Waals surface area (Å²) in [5.41, 5.74) is 4.95. The summed E-state index contributed by atoms with van der Waals surface area (Å²) in [4.78, 5) is 0. The second-order valence-electron chi connectivity index (χ2n) is 8.82. The Morgan fingerprint density at radius 2 is 1.12 bits per heavy atom. The fourth-order valence-corrected chi connectivity index (χ4v) is 6.76. The Balaban J connectivity index is 1.76. The summed E-state index contributed by atoms with van der Waals surface area (Å²) in [5.74, 6) is 1.82. The van der Waals surface area contributed by atoms with E-state index >= 15 is 0 Å². The maximum absolute atomic E-state index is 6.70. The molecule has 0 saturated carbocycles. The van der Waals surface area contributed by atoms with Gasteiger partial charge >= 0.3 is 0 Å². The van der Waals surface area contributed by atoms with Gasteiger partial charge in [-0.1, -0.05) is 60.7 Å². The first-order chi connectivity index (χ1) is 16.1. The van der Waals surface area contributed by atoms with Crippen LogP contribution in [-0.4, -0.2) is 0 Å². The van der Waals surface area contributed by atoms with E-state index in [9.17, 15) is 0 Å². The first-order valence-electron chi connectivity index (χ1n) is 11.0. The molecule has 1 aliphatic heterocycles. The van der Waals surface area contributed by atoms with Gasteiger partial charge in [-0.05, 0) is 101 Å². The average Bonchev–Trinajstić information content (AvgIpc) is 2.85. The van der Waals surface area contributed by atoms with Crippen LogP contribution in [0.4, 0.5) is 0 Å². The lowest BCUT2D eigenvalue weighted by molar-refractivity contribution is 0.485. The van der Waals surface area contributed by atoms with Crippen LogP contribution in [0.5, 0.6) is 11.5 Å². The molecule has 1 heterocycles. The maximum atomic E-state index is 6.70. The van der Waals surface area contributed by atoms with Gasteiger partial charge in [-0.2, -0.15) is 0 Å². The smallest absolute Gasteiger partial charge is 0.150 e. The second kappa shape index (κ2) is 6.82. The van der Waals surface area contributed by atoms with Crippen molar-refractivity contribution in [3.05, 3.63) is 92.9 Å². The number of aryl methyl sites for hydroxylation is 2. The monoisotopic (exact) mass is 552 g/mol. The first-order valence-corrected chi connectivity index (χ1v) is 12.6. The summed E-state index contributed by atoms with van der Waals surface area (Å²) in [6.45, 7) is 4.42. The molecule has 0 amide bonds. The van der Waals surface area contributed by atoms with E-state index in [2.05, 4.69) is 119 Å². The largest absolute Gasteiger partial charge is 0.455 e. The number of benzene rings is 6. The van der Waals surface area contributed by atoms with E-state index in [1.165, 1.54) is 65.3 Å². The van der Waals surface area contributed by atoms with Gasteiger partial charge in [-0.25, -0.2) is 0 Å². The molecule has 158 valence electrons. The van der Waals surface area contributed by atoms with E-state index in [1.54, 1.807) is 0 Å². The number of hydrogen-bond acceptors (Lipinski definition) is 1. The highest BCUT2D eigenvalue weighted by molar-refractivity contribution is 9.11. The van der Waals surface area contributed by atoms with E-state index in [4.69, 9.17) is 4.74 Å². The number of rotatable bonds is 0. The average molecular weight is 554 g/mol. The van der Waals surface area contributed by atoms with Crippen LogP contribution >= 0.6 is 31.9 Å². The maximum Gasteiger partial charge on any atom is 0.150 e. The van der Waals surface area contributed by atoms with Crippen molar-refractivity contribution >= 4 is 74.9 Å². The minimum atomic E-state index is 0.909. The molecule has 0 aliphatic carbocycles. The van der Waals surface area contributed by atoms with E-state index < -0.39 is 0 Å². The fraction of sp³-hybridized carbons (Fsp3) is 0.0667. The van der Waals surface area contributed by atoms with Crippen molar-refractivity contribution in [2.75, 3.05) is 0 Å². The molecule has 0 spiro atoms. The number of ether oxygens (including phenoxy) is 1. The van der Waals surface area contributed by atoms with Crippen molar-refractivity contribution in [3.8, 4) is 22.6 Å². The zero-order chi connectivity index (χ0) is 22.4. The van der Waals surface area contributed by atoms with Crippen molar-refractivity contribution in [1.29, 1.82) is 0 Å². The molecule has 0 bridgehead atoms. The summed E-state index contributed by atoms with van der Waals surface area (Å²) in [6.07, 6.45) is 0. The van der Waals surface area contributed by atoms with Gasteiger partial charge in [0.15, 0.2) is 5.75 Å². The SMILES string of the molecule is Cc1ccc2c3c(c(Br)c4ccccc42)Oc2ccc4c(c(C)c(Br)c5ccccc54)c2-c13. The summed E-state index contributed by atoms with van der Waals surface area (Å²) in [7, 11) is 0. The summed E-state index contributed by atoms with van der Waals surface area (Å²) in [5, 5.41) is 9.82. The van der Waals surface area contributed by atoms with Gasteiger partial charge in [0.1, 0.15) is 5.75 Å². The Kier molecular flexibility index (Phi) is 4.04. The summed E-state index contributed by atoms with van der Waals surface area (Å²) >= 11 is 7.80. The lowest BCUT2D eigenvalue weighted by Crippen LogP contribution is -2.02. The second-order valence-corrected chi connectivity index (χ2v) is 10.4. The van der Waals surface area contributed by atoms with E-state index in [1.807, 2.05) is 0 Å². The molecule has 33 heavy (non-hydrogen) atoms. The van der Waals surface area contributed by atoms with E-state index in [0.29, 0.717) is 0 Å². The van der Waals surface area contributed by atoms with Gasteiger partial charge in [-0.3, -0.25) is 0 Å². The van der Waals surface area contributed by atoms with Crippen LogP contribution < -0.4 is 4.74 Å². The summed E-state index contributed by atoms with van der Waals surface area (Å²) < 4.78 is 8.86. The number of halogens is 2. The third-order valence-corrected chi connectivity index (χ3v) is 8.89. The van der Waals surface area contributed by atoms with E-state index in [-0.39, 0.29) is 0 Å². The summed E-state index contributed by atoms with van der Waals surface area (Å²) in [6, 6.07) is 26.0. The highest BCUT2D eigenvalue weighted by Crippen LogP contribution is 2.56. The van der Waals surface area contributed by atoms with Gasteiger partial charge in [-0.15, -0.1) is 0 Å². The Morgan fingerprint density at radius 3 is 1.82 bits per heavy atom. The zero-order valence-electron chi connectivity index (χ0n) is 18.1. The molecule has 3 heteroatoms. The molecule has 1 aliphatic rings. The Bertz CT molecular complexity index is 1830. The third-order valence-electron chi connectivity index (χ3n) is 7.08. The van der Waals surface area contributed by atoms with Gasteiger partial charge in [0.05, 0.1) is 4.47 Å². The number of hydrogen-bond donors (Lipinski definition) is 0. The highest BCUT2D eigenvalue weighted by Gasteiger charge is 2.28. The van der Waals surface area contributed by atoms with Gasteiger partial charge in [0.2, 0.25) is 0 Å². The number of fused-ring (bicyclic) bond motifs is 8. The van der Waals surface area contributed by atoms with Crippen molar-refractivity contribution in [3.63, 3.8) is 0 Å². The molecule has 0 fully saturated rings. The molecule has 0 N–H and O–H groups in total. The predicted molar refractivity (Wildman–Crippen MR) is 147 cm³/mol. The topological polar surface area (TPSA) is 9.23 Å². The van der Waals surface area contributed by atoms with Crippen molar-refractivity contribution in [2.24, 2.45) is 0 Å². The Morgan fingerprint density at radius 1 is 0.545 bits per heavy atom. The molecule has 0 atom stereocenters. The van der Waals surface area contributed by atoms with Crippen molar-refractivity contribution < 1.29 is 4.74 Å². The van der Waals surface area contributed by atoms with Crippen molar-refractivity contribution in [1.82, 2.24) is 0 Å². The van der Waals surface area contributed by atoms with Crippen LogP contribution in [0.15, 0.2) is 81.7 Å². The lowest BCUT2D eigenvalue weighted by Gasteiger charge is -2.27. The third kappa shape index (κ3) is 2.47. The van der Waals surface area contributed by atoms with Crippen molar-refractivity contribution in [2.45, 2.75) is 13.8 Å². The molecule has 0 aromatic heterocycles. The molecule has 1 nitrogen and oxygen atoms in total. The van der Waals surface area contributed by atoms with Crippen LogP contribution in [0.1, 0.15) is 11.1 Å². The highest BCUT2D eigenvalue weighted by atomic mass is 79.9. The molecular formula is C30H18Br2O. The van der Waals surface area contributed by atoms with Gasteiger partial charge < -0.3 is 4.74 Å². The van der Waals surface area contributed by atoms with E-state index in [0.717, 1.165) is 20.4 Å². The van der Waals surface area contributed by atoms with Crippen LogP contribution in [0.25, 0.3) is 54.2 Å². The predicted octanol–water partition coefficient (Wildman–Crippen LogP) is 10.2. The molecule has 6 aromatic carbocycles. The van der Waals surface area contributed by atoms with Crippen LogP contribution in [-0.2, 0) is 0 Å². The first kappa shape index (κ1) is 19.6. The molecular weight excluding hydrogens is 536 g/mol. The van der Waals surface area contributed by atoms with Gasteiger partial charge in [0.25, 0.3) is 0 Å². The minimum absolute atomic E-state index is 0.909. The quantitative estimate of drug-likeness (QED) is 0.170. The van der Waals surface area contributed by atoms with Crippen LogP contribution in [0.3, 0.4) is 0 Å². The minimum Gasteiger partial charge on any atom is -0.455 e. The Hall–Kier alpha value is -2.88. The van der Waals surface area contributed by atoms with Gasteiger partial charge in [0, 0.05) is 26.4 Å². The molecule has 7 rings (SSSR count). The standard InChI is InChI=1S/C30H18Br2O/c1-15-11-12-20-18-8-4-6-10-22(18)29(32)30-26(20)24(15)27-23(33-30)14-13-19-17-7-3-5-9-21(17)28(31)16(2)25(19)27/h3-14H,1-2H3. The normalized spacial score (nSPS) is 12.5.